The molecule has 1 heterocycles. The van der Waals surface area contributed by atoms with Crippen molar-refractivity contribution in [2.24, 2.45) is 29.6 Å². The van der Waals surface area contributed by atoms with E-state index in [1.807, 2.05) is 0 Å². The maximum Gasteiger partial charge on any atom is 0.0904 e. The van der Waals surface area contributed by atoms with Crippen LogP contribution in [0.4, 0.5) is 0 Å². The minimum absolute atomic E-state index is 0.467. The van der Waals surface area contributed by atoms with E-state index in [2.05, 4.69) is 43.0 Å². The fourth-order valence-corrected chi connectivity index (χ4v) is 8.67. The average Bonchev–Trinajstić information content (AvgIpc) is 3.11. The van der Waals surface area contributed by atoms with E-state index in [9.17, 15) is 0 Å². The molecule has 5 rings (SSSR count). The summed E-state index contributed by atoms with van der Waals surface area (Å²) >= 11 is 0. The first-order valence-corrected chi connectivity index (χ1v) is 12.2. The Kier molecular flexibility index (Phi) is 4.56. The molecule has 0 aromatic carbocycles. The van der Waals surface area contributed by atoms with Crippen LogP contribution in [-0.4, -0.2) is 27.5 Å². The van der Waals surface area contributed by atoms with Gasteiger partial charge in [-0.15, -0.1) is 0 Å². The van der Waals surface area contributed by atoms with Crippen LogP contribution in [0.3, 0.4) is 0 Å². The Morgan fingerprint density at radius 3 is 2.19 bits per heavy atom. The average molecular weight is 371 g/mol. The lowest BCUT2D eigenvalue weighted by molar-refractivity contribution is -0.0547. The number of hydrogen-bond donors (Lipinski definition) is 0. The number of nitrogens with zero attached hydrogens (tertiary/aromatic N) is 2. The maximum atomic E-state index is 2.84. The fourth-order valence-electron chi connectivity index (χ4n) is 8.67. The van der Waals surface area contributed by atoms with Gasteiger partial charge in [-0.1, -0.05) is 40.0 Å². The molecule has 0 amide bonds. The van der Waals surface area contributed by atoms with E-state index in [1.54, 1.807) is 0 Å². The van der Waals surface area contributed by atoms with Gasteiger partial charge in [0.15, 0.2) is 0 Å². The molecule has 0 aromatic rings. The van der Waals surface area contributed by atoms with Crippen LogP contribution in [0, 0.1) is 29.6 Å². The van der Waals surface area contributed by atoms with Crippen molar-refractivity contribution in [3.05, 3.63) is 12.4 Å². The smallest absolute Gasteiger partial charge is 0.0904 e. The van der Waals surface area contributed by atoms with Crippen molar-refractivity contribution in [2.45, 2.75) is 109 Å². The summed E-state index contributed by atoms with van der Waals surface area (Å²) in [5.41, 5.74) is 0.957. The van der Waals surface area contributed by atoms with Crippen molar-refractivity contribution in [2.75, 3.05) is 6.67 Å². The highest BCUT2D eigenvalue weighted by atomic mass is 15.4. The zero-order valence-corrected chi connectivity index (χ0v) is 18.1. The van der Waals surface area contributed by atoms with Crippen LogP contribution in [-0.2, 0) is 0 Å². The lowest BCUT2D eigenvalue weighted by Crippen LogP contribution is -2.58. The van der Waals surface area contributed by atoms with E-state index < -0.39 is 0 Å². The second-order valence-electron chi connectivity index (χ2n) is 11.7. The quantitative estimate of drug-likeness (QED) is 0.568. The van der Waals surface area contributed by atoms with E-state index in [1.165, 1.54) is 83.7 Å². The molecule has 0 radical (unpaired) electrons. The zero-order valence-electron chi connectivity index (χ0n) is 18.1. The summed E-state index contributed by atoms with van der Waals surface area (Å²) in [5.74, 6) is 4.78. The number of rotatable bonds is 3. The summed E-state index contributed by atoms with van der Waals surface area (Å²) in [7, 11) is 0. The molecular formula is C25H42N2. The maximum absolute atomic E-state index is 2.84. The van der Waals surface area contributed by atoms with Crippen molar-refractivity contribution in [1.29, 1.82) is 0 Å². The van der Waals surface area contributed by atoms with Crippen molar-refractivity contribution in [3.8, 4) is 0 Å². The van der Waals surface area contributed by atoms with Gasteiger partial charge in [0.1, 0.15) is 0 Å². The third-order valence-corrected chi connectivity index (χ3v) is 9.38. The lowest BCUT2D eigenvalue weighted by Gasteiger charge is -2.57. The van der Waals surface area contributed by atoms with E-state index >= 15 is 0 Å². The summed E-state index contributed by atoms with van der Waals surface area (Å²) in [6, 6.07) is 0. The predicted octanol–water partition coefficient (Wildman–Crippen LogP) is 6.39. The Morgan fingerprint density at radius 2 is 1.48 bits per heavy atom. The number of hydrogen-bond acceptors (Lipinski definition) is 2. The largest absolute Gasteiger partial charge is 0.353 e. The molecule has 0 aromatic heterocycles. The minimum Gasteiger partial charge on any atom is -0.353 e. The molecule has 4 fully saturated rings. The first-order chi connectivity index (χ1) is 13.0. The molecule has 5 atom stereocenters. The van der Waals surface area contributed by atoms with Gasteiger partial charge in [0.2, 0.25) is 0 Å². The van der Waals surface area contributed by atoms with Gasteiger partial charge < -0.3 is 9.80 Å². The monoisotopic (exact) mass is 370 g/mol. The van der Waals surface area contributed by atoms with E-state index in [4.69, 9.17) is 0 Å². The fraction of sp³-hybridized carbons (Fsp3) is 0.920. The van der Waals surface area contributed by atoms with Gasteiger partial charge in [0.05, 0.1) is 6.67 Å². The molecule has 5 unspecified atom stereocenters. The Morgan fingerprint density at radius 1 is 0.815 bits per heavy atom. The second-order valence-corrected chi connectivity index (χ2v) is 11.7. The van der Waals surface area contributed by atoms with Crippen molar-refractivity contribution in [3.63, 3.8) is 0 Å². The summed E-state index contributed by atoms with van der Waals surface area (Å²) in [6.45, 7) is 8.66. The highest BCUT2D eigenvalue weighted by Gasteiger charge is 2.51. The normalized spacial score (nSPS) is 49.5. The molecule has 5 aliphatic rings. The zero-order chi connectivity index (χ0) is 18.6. The molecule has 0 spiro atoms. The van der Waals surface area contributed by atoms with E-state index in [0.29, 0.717) is 11.1 Å². The van der Waals surface area contributed by atoms with Gasteiger partial charge in [-0.3, -0.25) is 0 Å². The molecule has 27 heavy (non-hydrogen) atoms. The summed E-state index contributed by atoms with van der Waals surface area (Å²) in [4.78, 5) is 5.67. The SMILES string of the molecule is CCC1CC2CCCC(N3C=CN(C45CC(C)CC(CC(C)C4)C5)C3)(C1)C2. The summed E-state index contributed by atoms with van der Waals surface area (Å²) in [6.07, 6.45) is 22.6. The van der Waals surface area contributed by atoms with Crippen LogP contribution in [0.15, 0.2) is 12.4 Å². The molecule has 1 aliphatic heterocycles. The molecule has 4 aliphatic carbocycles. The molecule has 2 heteroatoms. The first kappa shape index (κ1) is 18.4. The van der Waals surface area contributed by atoms with Crippen molar-refractivity contribution < 1.29 is 0 Å². The van der Waals surface area contributed by atoms with Gasteiger partial charge in [-0.05, 0) is 87.4 Å². The first-order valence-electron chi connectivity index (χ1n) is 12.2. The van der Waals surface area contributed by atoms with Gasteiger partial charge >= 0.3 is 0 Å². The molecule has 152 valence electrons. The Labute approximate surface area is 167 Å². The second kappa shape index (κ2) is 6.70. The molecule has 4 bridgehead atoms. The highest BCUT2D eigenvalue weighted by Crippen LogP contribution is 2.53. The van der Waals surface area contributed by atoms with Gasteiger partial charge in [0, 0.05) is 23.5 Å². The Hall–Kier alpha value is -0.660. The van der Waals surface area contributed by atoms with Gasteiger partial charge in [-0.2, -0.15) is 0 Å². The summed E-state index contributed by atoms with van der Waals surface area (Å²) in [5, 5.41) is 0. The third kappa shape index (κ3) is 3.14. The van der Waals surface area contributed by atoms with Gasteiger partial charge in [0.25, 0.3) is 0 Å². The van der Waals surface area contributed by atoms with E-state index in [0.717, 1.165) is 29.6 Å². The highest BCUT2D eigenvalue weighted by molar-refractivity contribution is 5.12. The third-order valence-electron chi connectivity index (χ3n) is 9.38. The molecule has 2 nitrogen and oxygen atoms in total. The van der Waals surface area contributed by atoms with Crippen LogP contribution < -0.4 is 0 Å². The Balaban J connectivity index is 1.36. The van der Waals surface area contributed by atoms with E-state index in [-0.39, 0.29) is 0 Å². The van der Waals surface area contributed by atoms with Crippen LogP contribution >= 0.6 is 0 Å². The molecule has 0 saturated heterocycles. The Bertz CT molecular complexity index is 563. The minimum atomic E-state index is 0.467. The van der Waals surface area contributed by atoms with Crippen LogP contribution in [0.5, 0.6) is 0 Å². The molecular weight excluding hydrogens is 328 g/mol. The van der Waals surface area contributed by atoms with Crippen LogP contribution in [0.1, 0.15) is 97.8 Å². The topological polar surface area (TPSA) is 6.48 Å². The molecule has 4 saturated carbocycles. The predicted molar refractivity (Wildman–Crippen MR) is 113 cm³/mol. The standard InChI is InChI=1S/C25H42N2/c1-4-21-12-22-6-5-7-24(15-21,16-22)26-8-9-27(18-26)25-13-19(2)10-23(17-25)11-20(3)14-25/h8-9,19-23H,4-7,10-18H2,1-3H3. The van der Waals surface area contributed by atoms with Crippen molar-refractivity contribution >= 4 is 0 Å². The van der Waals surface area contributed by atoms with Gasteiger partial charge in [-0.25, -0.2) is 0 Å². The summed E-state index contributed by atoms with van der Waals surface area (Å²) < 4.78 is 0. The van der Waals surface area contributed by atoms with Crippen LogP contribution in [0.25, 0.3) is 0 Å². The van der Waals surface area contributed by atoms with Crippen molar-refractivity contribution in [1.82, 2.24) is 9.80 Å². The number of fused-ring (bicyclic) bond motifs is 4. The van der Waals surface area contributed by atoms with Crippen LogP contribution in [0.2, 0.25) is 0 Å². The lowest BCUT2D eigenvalue weighted by atomic mass is 9.60. The molecule has 0 N–H and O–H groups in total.